The smallest absolute Gasteiger partial charge is 0.341 e. The Kier molecular flexibility index (Phi) is 2.71. The molecule has 0 spiro atoms. The molecule has 7 nitrogen and oxygen atoms in total. The molecule has 0 bridgehead atoms. The van der Waals surface area contributed by atoms with Gasteiger partial charge in [-0.1, -0.05) is 0 Å². The van der Waals surface area contributed by atoms with Gasteiger partial charge in [-0.15, -0.1) is 0 Å². The van der Waals surface area contributed by atoms with Crippen molar-refractivity contribution in [2.24, 2.45) is 11.7 Å². The number of hydrogen-bond donors (Lipinski definition) is 2. The summed E-state index contributed by atoms with van der Waals surface area (Å²) < 4.78 is 16.4. The molecule has 8 heteroatoms. The highest BCUT2D eigenvalue weighted by Crippen LogP contribution is 2.48. The van der Waals surface area contributed by atoms with Crippen LogP contribution in [0.1, 0.15) is 35.7 Å². The molecule has 3 aliphatic rings. The molecule has 2 saturated carbocycles. The van der Waals surface area contributed by atoms with E-state index in [0.29, 0.717) is 24.7 Å². The second-order valence-electron chi connectivity index (χ2n) is 7.50. The fraction of sp³-hybridized carbons (Fsp3) is 0.471. The zero-order valence-electron chi connectivity index (χ0n) is 13.4. The lowest BCUT2D eigenvalue weighted by Crippen LogP contribution is -2.34. The van der Waals surface area contributed by atoms with Gasteiger partial charge in [-0.2, -0.15) is 0 Å². The minimum Gasteiger partial charge on any atom is -0.477 e. The second-order valence-corrected chi connectivity index (χ2v) is 7.50. The summed E-state index contributed by atoms with van der Waals surface area (Å²) in [6, 6.07) is 1.23. The molecule has 130 valence electrons. The number of halogens is 1. The maximum absolute atomic E-state index is 14.7. The van der Waals surface area contributed by atoms with E-state index in [1.165, 1.54) is 6.20 Å². The van der Waals surface area contributed by atoms with Gasteiger partial charge in [0, 0.05) is 30.9 Å². The number of hydrogen-bond acceptors (Lipinski definition) is 5. The number of nitrogens with zero attached hydrogens (tertiary/aromatic N) is 3. The van der Waals surface area contributed by atoms with Crippen LogP contribution in [0.15, 0.2) is 17.1 Å². The minimum absolute atomic E-state index is 0.0138. The first-order valence-electron chi connectivity index (χ1n) is 8.40. The van der Waals surface area contributed by atoms with Gasteiger partial charge in [-0.3, -0.25) is 4.79 Å². The number of piperidine rings is 1. The first-order chi connectivity index (χ1) is 11.9. The molecule has 3 fully saturated rings. The number of aromatic nitrogens is 2. The average molecular weight is 344 g/mol. The third kappa shape index (κ3) is 2.10. The van der Waals surface area contributed by atoms with Gasteiger partial charge in [0.15, 0.2) is 11.6 Å². The summed E-state index contributed by atoms with van der Waals surface area (Å²) in [4.78, 5) is 30.0. The molecular weight excluding hydrogens is 327 g/mol. The molecule has 0 radical (unpaired) electrons. The quantitative estimate of drug-likeness (QED) is 0.865. The summed E-state index contributed by atoms with van der Waals surface area (Å²) in [5.74, 6) is -1.36. The second kappa shape index (κ2) is 4.57. The lowest BCUT2D eigenvalue weighted by atomic mass is 10.2. The van der Waals surface area contributed by atoms with Crippen LogP contribution >= 0.6 is 0 Å². The van der Waals surface area contributed by atoms with E-state index in [1.807, 2.05) is 4.90 Å². The lowest BCUT2D eigenvalue weighted by molar-refractivity contribution is 0.0695. The molecule has 25 heavy (non-hydrogen) atoms. The van der Waals surface area contributed by atoms with E-state index in [-0.39, 0.29) is 28.3 Å². The maximum atomic E-state index is 14.7. The number of carboxylic acid groups (broad SMARTS) is 1. The number of anilines is 1. The van der Waals surface area contributed by atoms with E-state index >= 15 is 0 Å². The van der Waals surface area contributed by atoms with Crippen molar-refractivity contribution >= 4 is 22.8 Å². The third-order valence-corrected chi connectivity index (χ3v) is 5.61. The van der Waals surface area contributed by atoms with Crippen molar-refractivity contribution in [2.75, 3.05) is 18.0 Å². The summed E-state index contributed by atoms with van der Waals surface area (Å²) in [7, 11) is 0. The van der Waals surface area contributed by atoms with Crippen molar-refractivity contribution in [2.45, 2.75) is 30.8 Å². The zero-order chi connectivity index (χ0) is 17.5. The van der Waals surface area contributed by atoms with Crippen molar-refractivity contribution in [1.29, 1.82) is 0 Å². The lowest BCUT2D eigenvalue weighted by Gasteiger charge is -2.22. The molecule has 5 rings (SSSR count). The largest absolute Gasteiger partial charge is 0.477 e. The van der Waals surface area contributed by atoms with Gasteiger partial charge >= 0.3 is 5.97 Å². The number of fused-ring (bicyclic) bond motifs is 2. The molecule has 2 aromatic heterocycles. The van der Waals surface area contributed by atoms with Crippen LogP contribution in [0.4, 0.5) is 10.2 Å². The summed E-state index contributed by atoms with van der Waals surface area (Å²) in [5.41, 5.74) is 5.25. The molecule has 3 N–H and O–H groups in total. The fourth-order valence-electron chi connectivity index (χ4n) is 3.93. The van der Waals surface area contributed by atoms with Crippen LogP contribution in [0.5, 0.6) is 0 Å². The van der Waals surface area contributed by atoms with Crippen molar-refractivity contribution in [1.82, 2.24) is 9.55 Å². The molecule has 1 aliphatic heterocycles. The van der Waals surface area contributed by atoms with Gasteiger partial charge in [0.2, 0.25) is 5.43 Å². The van der Waals surface area contributed by atoms with E-state index in [4.69, 9.17) is 5.73 Å². The Bertz CT molecular complexity index is 1000. The predicted octanol–water partition coefficient (Wildman–Crippen LogP) is 1.11. The minimum atomic E-state index is -1.31. The summed E-state index contributed by atoms with van der Waals surface area (Å²) in [6.07, 6.45) is 4.07. The van der Waals surface area contributed by atoms with Crippen molar-refractivity contribution in [3.05, 3.63) is 33.9 Å². The Morgan fingerprint density at radius 1 is 1.44 bits per heavy atom. The molecule has 0 amide bonds. The van der Waals surface area contributed by atoms with Crippen molar-refractivity contribution in [3.63, 3.8) is 0 Å². The number of rotatable bonds is 3. The molecule has 1 saturated heterocycles. The van der Waals surface area contributed by atoms with Crippen LogP contribution in [0.25, 0.3) is 11.0 Å². The molecule has 2 aromatic rings. The number of pyridine rings is 2. The van der Waals surface area contributed by atoms with E-state index in [1.54, 1.807) is 4.57 Å². The average Bonchev–Trinajstić information content (AvgIpc) is 3.46. The highest BCUT2D eigenvalue weighted by atomic mass is 19.1. The molecular formula is C17H17FN4O3. The van der Waals surface area contributed by atoms with E-state index in [0.717, 1.165) is 25.3 Å². The highest BCUT2D eigenvalue weighted by molar-refractivity contribution is 5.92. The predicted molar refractivity (Wildman–Crippen MR) is 88.4 cm³/mol. The van der Waals surface area contributed by atoms with E-state index in [2.05, 4.69) is 4.98 Å². The monoisotopic (exact) mass is 344 g/mol. The Labute approximate surface area is 141 Å². The van der Waals surface area contributed by atoms with Crippen molar-refractivity contribution in [3.8, 4) is 0 Å². The van der Waals surface area contributed by atoms with Crippen LogP contribution in [-0.2, 0) is 0 Å². The Morgan fingerprint density at radius 2 is 2.20 bits per heavy atom. The Morgan fingerprint density at radius 3 is 2.80 bits per heavy atom. The van der Waals surface area contributed by atoms with Gasteiger partial charge in [0.05, 0.1) is 5.39 Å². The normalized spacial score (nSPS) is 27.6. The van der Waals surface area contributed by atoms with Crippen LogP contribution < -0.4 is 16.1 Å². The van der Waals surface area contributed by atoms with Crippen LogP contribution in [0.3, 0.4) is 0 Å². The summed E-state index contributed by atoms with van der Waals surface area (Å²) >= 11 is 0. The standard InChI is InChI=1S/C17H17FN4O3/c18-12-3-10-13(23)11(16(24)25)6-22(9-1-2-9)14(10)20-15(12)21-5-8-4-17(8,19)7-21/h3,6,8-9H,1-2,4-5,7,19H2,(H,24,25). The van der Waals surface area contributed by atoms with Gasteiger partial charge in [0.25, 0.3) is 0 Å². The molecule has 2 atom stereocenters. The number of nitrogens with two attached hydrogens (primary N) is 1. The molecule has 0 aromatic carbocycles. The Balaban J connectivity index is 1.71. The van der Waals surface area contributed by atoms with Crippen LogP contribution in [0, 0.1) is 11.7 Å². The topological polar surface area (TPSA) is 101 Å². The summed E-state index contributed by atoms with van der Waals surface area (Å²) in [6.45, 7) is 1.21. The third-order valence-electron chi connectivity index (χ3n) is 5.61. The van der Waals surface area contributed by atoms with Gasteiger partial charge in [-0.25, -0.2) is 14.2 Å². The number of carboxylic acids is 1. The van der Waals surface area contributed by atoms with Gasteiger partial charge < -0.3 is 20.3 Å². The van der Waals surface area contributed by atoms with Crippen molar-refractivity contribution < 1.29 is 14.3 Å². The Hall–Kier alpha value is -2.48. The van der Waals surface area contributed by atoms with Crippen LogP contribution in [-0.4, -0.2) is 39.3 Å². The van der Waals surface area contributed by atoms with Gasteiger partial charge in [0.1, 0.15) is 11.2 Å². The highest BCUT2D eigenvalue weighted by Gasteiger charge is 2.57. The number of aromatic carboxylic acids is 1. The van der Waals surface area contributed by atoms with Gasteiger partial charge in [-0.05, 0) is 31.2 Å². The van der Waals surface area contributed by atoms with E-state index in [9.17, 15) is 19.1 Å². The maximum Gasteiger partial charge on any atom is 0.341 e. The number of carbonyl (C=O) groups is 1. The molecule has 3 heterocycles. The summed E-state index contributed by atoms with van der Waals surface area (Å²) in [5, 5.41) is 9.27. The fourth-order valence-corrected chi connectivity index (χ4v) is 3.93. The SMILES string of the molecule is NC12CC1CN(c1nc3c(cc1F)c(=O)c(C(=O)O)cn3C1CC1)C2. The molecule has 2 aliphatic carbocycles. The molecule has 2 unspecified atom stereocenters. The zero-order valence-corrected chi connectivity index (χ0v) is 13.4. The van der Waals surface area contributed by atoms with Crippen LogP contribution in [0.2, 0.25) is 0 Å². The first kappa shape index (κ1) is 14.8. The van der Waals surface area contributed by atoms with E-state index < -0.39 is 17.2 Å². The first-order valence-corrected chi connectivity index (χ1v) is 8.40.